The van der Waals surface area contributed by atoms with E-state index in [1.807, 2.05) is 13.2 Å². The number of carbonyl (C=O) groups is 1. The zero-order chi connectivity index (χ0) is 10.6. The van der Waals surface area contributed by atoms with Gasteiger partial charge in [-0.1, -0.05) is 11.8 Å². The molecule has 0 saturated carbocycles. The van der Waals surface area contributed by atoms with Crippen LogP contribution in [0.5, 0.6) is 0 Å². The third-order valence-corrected chi connectivity index (χ3v) is 2.46. The maximum atomic E-state index is 11.4. The predicted octanol–water partition coefficient (Wildman–Crippen LogP) is 1.15. The van der Waals surface area contributed by atoms with Crippen molar-refractivity contribution in [3.8, 4) is 0 Å². The maximum Gasteiger partial charge on any atom is 0.337 e. The van der Waals surface area contributed by atoms with Crippen LogP contribution in [-0.4, -0.2) is 30.5 Å². The summed E-state index contributed by atoms with van der Waals surface area (Å²) in [5.41, 5.74) is 1.45. The van der Waals surface area contributed by atoms with Gasteiger partial charge in [-0.15, -0.1) is 0 Å². The molecule has 0 aliphatic carbocycles. The zero-order valence-corrected chi connectivity index (χ0v) is 9.40. The number of allylic oxidation sites excluding steroid dienone is 1. The van der Waals surface area contributed by atoms with Gasteiger partial charge in [0.1, 0.15) is 0 Å². The number of hydrogen-bond donors (Lipinski definition) is 1. The Balaban J connectivity index is 2.68. The van der Waals surface area contributed by atoms with E-state index in [-0.39, 0.29) is 5.97 Å². The van der Waals surface area contributed by atoms with E-state index < -0.39 is 0 Å². The summed E-state index contributed by atoms with van der Waals surface area (Å²) in [4.78, 5) is 15.6. The minimum atomic E-state index is -0.276. The molecule has 0 amide bonds. The highest BCUT2D eigenvalue weighted by Crippen LogP contribution is 2.12. The van der Waals surface area contributed by atoms with Crippen molar-refractivity contribution >= 4 is 22.9 Å². The van der Waals surface area contributed by atoms with Crippen LogP contribution >= 0.6 is 11.8 Å². The molecule has 1 aliphatic rings. The van der Waals surface area contributed by atoms with Crippen molar-refractivity contribution < 1.29 is 9.53 Å². The minimum absolute atomic E-state index is 0.276. The number of nitrogens with one attached hydrogen (secondary N) is 1. The topological polar surface area (TPSA) is 50.7 Å². The lowest BCUT2D eigenvalue weighted by Gasteiger charge is -2.17. The van der Waals surface area contributed by atoms with Crippen molar-refractivity contribution in [3.63, 3.8) is 0 Å². The van der Waals surface area contributed by atoms with Crippen molar-refractivity contribution in [1.29, 1.82) is 0 Å². The molecule has 0 radical (unpaired) electrons. The quantitative estimate of drug-likeness (QED) is 0.700. The standard InChI is InChI=1S/C9H14N2O2S/c1-4-13-8(12)7-5-10-9(14-3)11-6(7)2/h4-5H2,1-3H3,(H,10,11). The van der Waals surface area contributed by atoms with Crippen molar-refractivity contribution in [2.45, 2.75) is 13.8 Å². The molecule has 1 aliphatic heterocycles. The molecule has 0 aromatic carbocycles. The number of esters is 1. The van der Waals surface area contributed by atoms with Gasteiger partial charge in [-0.25, -0.2) is 4.79 Å². The van der Waals surface area contributed by atoms with E-state index in [0.717, 1.165) is 10.9 Å². The number of carbonyl (C=O) groups excluding carboxylic acids is 1. The van der Waals surface area contributed by atoms with E-state index in [9.17, 15) is 4.79 Å². The van der Waals surface area contributed by atoms with E-state index in [2.05, 4.69) is 10.3 Å². The highest BCUT2D eigenvalue weighted by Gasteiger charge is 2.18. The van der Waals surface area contributed by atoms with Gasteiger partial charge in [0.05, 0.1) is 18.7 Å². The smallest absolute Gasteiger partial charge is 0.337 e. The average Bonchev–Trinajstić information content (AvgIpc) is 2.17. The number of ether oxygens (including phenoxy) is 1. The summed E-state index contributed by atoms with van der Waals surface area (Å²) in [6.45, 7) is 4.46. The number of thioether (sulfide) groups is 1. The number of nitrogens with zero attached hydrogens (tertiary/aromatic N) is 1. The molecule has 1 N–H and O–H groups in total. The Morgan fingerprint density at radius 1 is 1.71 bits per heavy atom. The molecule has 0 saturated heterocycles. The molecule has 1 rings (SSSR count). The molecule has 4 nitrogen and oxygen atoms in total. The summed E-state index contributed by atoms with van der Waals surface area (Å²) < 4.78 is 4.91. The third-order valence-electron chi connectivity index (χ3n) is 1.84. The molecule has 14 heavy (non-hydrogen) atoms. The number of rotatable bonds is 2. The summed E-state index contributed by atoms with van der Waals surface area (Å²) in [6.07, 6.45) is 1.94. The van der Waals surface area contributed by atoms with Gasteiger partial charge < -0.3 is 10.1 Å². The van der Waals surface area contributed by atoms with Gasteiger partial charge in [-0.3, -0.25) is 4.99 Å². The molecule has 0 atom stereocenters. The van der Waals surface area contributed by atoms with Gasteiger partial charge in [0, 0.05) is 5.70 Å². The fourth-order valence-electron chi connectivity index (χ4n) is 1.10. The maximum absolute atomic E-state index is 11.4. The van der Waals surface area contributed by atoms with Crippen LogP contribution in [0, 0.1) is 0 Å². The molecule has 0 unspecified atom stereocenters. The Morgan fingerprint density at radius 2 is 2.43 bits per heavy atom. The summed E-state index contributed by atoms with van der Waals surface area (Å²) in [5, 5.41) is 3.89. The molecule has 0 aromatic heterocycles. The van der Waals surface area contributed by atoms with Crippen LogP contribution in [0.1, 0.15) is 13.8 Å². The van der Waals surface area contributed by atoms with Crippen LogP contribution in [0.2, 0.25) is 0 Å². The molecule has 78 valence electrons. The second kappa shape index (κ2) is 5.05. The first-order valence-corrected chi connectivity index (χ1v) is 5.63. The van der Waals surface area contributed by atoms with Crippen molar-refractivity contribution in [3.05, 3.63) is 11.3 Å². The predicted molar refractivity (Wildman–Crippen MR) is 58.3 cm³/mol. The van der Waals surface area contributed by atoms with Gasteiger partial charge in [-0.05, 0) is 20.1 Å². The molecule has 5 heteroatoms. The first-order chi connectivity index (χ1) is 6.69. The van der Waals surface area contributed by atoms with E-state index in [1.165, 1.54) is 11.8 Å². The largest absolute Gasteiger partial charge is 0.463 e. The Bertz CT molecular complexity index is 297. The SMILES string of the molecule is CCOC(=O)C1=C(C)NC(SC)=NC1. The average molecular weight is 214 g/mol. The summed E-state index contributed by atoms with van der Waals surface area (Å²) in [6, 6.07) is 0. The lowest BCUT2D eigenvalue weighted by Crippen LogP contribution is -2.28. The second-order valence-corrected chi connectivity index (χ2v) is 3.57. The first kappa shape index (κ1) is 11.1. The zero-order valence-electron chi connectivity index (χ0n) is 8.59. The second-order valence-electron chi connectivity index (χ2n) is 2.77. The summed E-state index contributed by atoms with van der Waals surface area (Å²) in [7, 11) is 0. The minimum Gasteiger partial charge on any atom is -0.463 e. The van der Waals surface area contributed by atoms with Crippen LogP contribution in [-0.2, 0) is 9.53 Å². The van der Waals surface area contributed by atoms with Crippen LogP contribution in [0.3, 0.4) is 0 Å². The van der Waals surface area contributed by atoms with E-state index in [1.54, 1.807) is 6.92 Å². The molecule has 0 fully saturated rings. The molecule has 0 spiro atoms. The first-order valence-electron chi connectivity index (χ1n) is 4.41. The Morgan fingerprint density at radius 3 is 2.93 bits per heavy atom. The molecule has 0 bridgehead atoms. The van der Waals surface area contributed by atoms with Gasteiger partial charge >= 0.3 is 5.97 Å². The number of hydrogen-bond acceptors (Lipinski definition) is 5. The Hall–Kier alpha value is -0.970. The van der Waals surface area contributed by atoms with E-state index >= 15 is 0 Å². The van der Waals surface area contributed by atoms with E-state index in [4.69, 9.17) is 4.74 Å². The fraction of sp³-hybridized carbons (Fsp3) is 0.556. The van der Waals surface area contributed by atoms with Crippen LogP contribution < -0.4 is 5.32 Å². The van der Waals surface area contributed by atoms with Crippen LogP contribution in [0.4, 0.5) is 0 Å². The molecule has 1 heterocycles. The summed E-state index contributed by atoms with van der Waals surface area (Å²) in [5.74, 6) is -0.276. The highest BCUT2D eigenvalue weighted by molar-refractivity contribution is 8.13. The van der Waals surface area contributed by atoms with Crippen molar-refractivity contribution in [1.82, 2.24) is 5.32 Å². The van der Waals surface area contributed by atoms with E-state index in [0.29, 0.717) is 18.7 Å². The number of amidine groups is 1. The van der Waals surface area contributed by atoms with Gasteiger partial charge in [0.15, 0.2) is 5.17 Å². The molecular formula is C9H14N2O2S. The van der Waals surface area contributed by atoms with Gasteiger partial charge in [0.2, 0.25) is 0 Å². The Kier molecular flexibility index (Phi) is 4.00. The lowest BCUT2D eigenvalue weighted by atomic mass is 10.2. The summed E-state index contributed by atoms with van der Waals surface area (Å²) >= 11 is 1.53. The number of aliphatic imine (C=N–C) groups is 1. The van der Waals surface area contributed by atoms with Crippen LogP contribution in [0.15, 0.2) is 16.3 Å². The van der Waals surface area contributed by atoms with Crippen molar-refractivity contribution in [2.75, 3.05) is 19.4 Å². The molecular weight excluding hydrogens is 200 g/mol. The van der Waals surface area contributed by atoms with Crippen molar-refractivity contribution in [2.24, 2.45) is 4.99 Å². The lowest BCUT2D eigenvalue weighted by molar-refractivity contribution is -0.138. The Labute approximate surface area is 87.8 Å². The van der Waals surface area contributed by atoms with Gasteiger partial charge in [0.25, 0.3) is 0 Å². The normalized spacial score (nSPS) is 16.1. The highest BCUT2D eigenvalue weighted by atomic mass is 32.2. The fourth-order valence-corrected chi connectivity index (χ4v) is 1.55. The third kappa shape index (κ3) is 2.51. The van der Waals surface area contributed by atoms with Crippen LogP contribution in [0.25, 0.3) is 0 Å². The molecule has 0 aromatic rings. The van der Waals surface area contributed by atoms with Gasteiger partial charge in [-0.2, -0.15) is 0 Å². The monoisotopic (exact) mass is 214 g/mol.